The topological polar surface area (TPSA) is 96.2 Å². The van der Waals surface area contributed by atoms with E-state index in [-0.39, 0.29) is 32.1 Å². The van der Waals surface area contributed by atoms with Crippen molar-refractivity contribution in [3.8, 4) is 0 Å². The molecular weight excluding hydrogens is 281 g/mol. The van der Waals surface area contributed by atoms with E-state index < -0.39 is 10.1 Å². The summed E-state index contributed by atoms with van der Waals surface area (Å²) in [5.41, 5.74) is 0. The van der Waals surface area contributed by atoms with Crippen molar-refractivity contribution < 1.29 is 29.6 Å². The summed E-state index contributed by atoms with van der Waals surface area (Å²) in [6.07, 6.45) is -1.62. The molecule has 16 heavy (non-hydrogen) atoms. The van der Waals surface area contributed by atoms with Crippen LogP contribution in [-0.4, -0.2) is 70.7 Å². The maximum absolute atomic E-state index is 9.54. The van der Waals surface area contributed by atoms with Crippen LogP contribution in [0.4, 0.5) is 4.79 Å². The van der Waals surface area contributed by atoms with Crippen molar-refractivity contribution >= 4 is 59.8 Å². The number of halogens is 3. The van der Waals surface area contributed by atoms with Crippen LogP contribution in [0, 0.1) is 0 Å². The van der Waals surface area contributed by atoms with E-state index in [0.29, 0.717) is 13.2 Å². The Morgan fingerprint density at radius 2 is 1.50 bits per heavy atom. The number of carbonyl (C=O) groups is 1. The van der Waals surface area contributed by atoms with Crippen LogP contribution in [0.1, 0.15) is 0 Å². The molecule has 0 heterocycles. The summed E-state index contributed by atoms with van der Waals surface area (Å²) < 4.78 is 6.12. The number of hydrogen-bond acceptors (Lipinski definition) is 5. The number of rotatable bonds is 4. The molecule has 6 nitrogen and oxygen atoms in total. The van der Waals surface area contributed by atoms with Crippen LogP contribution in [-0.2, 0) is 9.47 Å². The van der Waals surface area contributed by atoms with E-state index in [1.54, 1.807) is 0 Å². The van der Waals surface area contributed by atoms with Gasteiger partial charge < -0.3 is 24.8 Å². The van der Waals surface area contributed by atoms with E-state index in [4.69, 9.17) is 50.1 Å². The third-order valence-corrected chi connectivity index (χ3v) is 0.906. The first kappa shape index (κ1) is 21.9. The summed E-state index contributed by atoms with van der Waals surface area (Å²) in [7, 11) is 0. The standard InChI is InChI=1S/C4H10O3.C2HCl3O3.Li.H/c5-1-3-7-4-2-6;3-2(4,5)8-1(6)7;;/h5-6H,1-4H2;(H,6,7);;. The Hall–Kier alpha value is 0.617. The van der Waals surface area contributed by atoms with Crippen LogP contribution in [0.25, 0.3) is 0 Å². The van der Waals surface area contributed by atoms with E-state index in [2.05, 4.69) is 9.47 Å². The molecule has 0 spiro atoms. The average Bonchev–Trinajstić information content (AvgIpc) is 2.01. The van der Waals surface area contributed by atoms with Gasteiger partial charge in [-0.15, -0.1) is 0 Å². The monoisotopic (exact) mass is 292 g/mol. The molecule has 0 aromatic carbocycles. The average molecular weight is 293 g/mol. The van der Waals surface area contributed by atoms with Gasteiger partial charge in [-0.2, -0.15) is 0 Å². The molecule has 10 heteroatoms. The molecule has 0 amide bonds. The molecule has 0 rings (SSSR count). The van der Waals surface area contributed by atoms with Gasteiger partial charge in [-0.25, -0.2) is 4.79 Å². The molecule has 0 saturated carbocycles. The van der Waals surface area contributed by atoms with Gasteiger partial charge in [0.15, 0.2) is 0 Å². The number of aliphatic hydroxyl groups excluding tert-OH is 2. The van der Waals surface area contributed by atoms with Gasteiger partial charge in [-0.1, -0.05) is 0 Å². The van der Waals surface area contributed by atoms with E-state index in [0.717, 1.165) is 0 Å². The third-order valence-electron chi connectivity index (χ3n) is 0.674. The number of alkyl halides is 3. The second-order valence-corrected chi connectivity index (χ2v) is 4.05. The van der Waals surface area contributed by atoms with Crippen molar-refractivity contribution in [2.45, 2.75) is 3.98 Å². The molecule has 0 aliphatic carbocycles. The number of ether oxygens (including phenoxy) is 2. The Bertz CT molecular complexity index is 161. The van der Waals surface area contributed by atoms with Crippen molar-refractivity contribution in [2.24, 2.45) is 0 Å². The fourth-order valence-corrected chi connectivity index (χ4v) is 0.528. The molecule has 0 unspecified atom stereocenters. The summed E-state index contributed by atoms with van der Waals surface area (Å²) in [5.74, 6) is 0. The van der Waals surface area contributed by atoms with Crippen LogP contribution in [0.3, 0.4) is 0 Å². The molecule has 0 aromatic rings. The van der Waals surface area contributed by atoms with Gasteiger partial charge in [0.1, 0.15) is 0 Å². The summed E-state index contributed by atoms with van der Waals surface area (Å²) in [5, 5.41) is 23.9. The van der Waals surface area contributed by atoms with Crippen LogP contribution in [0.2, 0.25) is 0 Å². The van der Waals surface area contributed by atoms with E-state index in [1.165, 1.54) is 0 Å². The number of aliphatic hydroxyl groups is 2. The Kier molecular flexibility index (Phi) is 18.7. The zero-order valence-corrected chi connectivity index (χ0v) is 9.80. The molecule has 0 aromatic heterocycles. The zero-order chi connectivity index (χ0) is 12.3. The van der Waals surface area contributed by atoms with Crippen molar-refractivity contribution in [3.63, 3.8) is 0 Å². The van der Waals surface area contributed by atoms with Gasteiger partial charge in [0.05, 0.1) is 26.4 Å². The van der Waals surface area contributed by atoms with Crippen molar-refractivity contribution in [1.29, 1.82) is 0 Å². The Morgan fingerprint density at radius 1 is 1.12 bits per heavy atom. The van der Waals surface area contributed by atoms with Crippen molar-refractivity contribution in [2.75, 3.05) is 26.4 Å². The van der Waals surface area contributed by atoms with Crippen LogP contribution < -0.4 is 0 Å². The molecule has 0 aliphatic heterocycles. The first-order valence-corrected chi connectivity index (χ1v) is 4.75. The van der Waals surface area contributed by atoms with Gasteiger partial charge in [-0.3, -0.25) is 0 Å². The van der Waals surface area contributed by atoms with Crippen LogP contribution in [0.15, 0.2) is 0 Å². The Morgan fingerprint density at radius 3 is 1.62 bits per heavy atom. The summed E-state index contributed by atoms with van der Waals surface area (Å²) in [4.78, 5) is 9.54. The summed E-state index contributed by atoms with van der Waals surface area (Å²) >= 11 is 14.6. The SMILES string of the molecule is O=C(O)OC(Cl)(Cl)Cl.OCCOCCO.[LiH]. The van der Waals surface area contributed by atoms with Crippen molar-refractivity contribution in [3.05, 3.63) is 0 Å². The van der Waals surface area contributed by atoms with Gasteiger partial charge in [0, 0.05) is 0 Å². The van der Waals surface area contributed by atoms with Gasteiger partial charge in [0.2, 0.25) is 0 Å². The molecular formula is C6H12Cl3LiO6. The van der Waals surface area contributed by atoms with Gasteiger partial charge >= 0.3 is 29.0 Å². The quantitative estimate of drug-likeness (QED) is 0.299. The summed E-state index contributed by atoms with van der Waals surface area (Å²) in [6, 6.07) is 0. The minimum atomic E-state index is -2.16. The molecule has 0 radical (unpaired) electrons. The zero-order valence-electron chi connectivity index (χ0n) is 7.53. The Balaban J connectivity index is -0.000000200. The van der Waals surface area contributed by atoms with Crippen molar-refractivity contribution in [1.82, 2.24) is 0 Å². The van der Waals surface area contributed by atoms with E-state index >= 15 is 0 Å². The molecule has 0 fully saturated rings. The fourth-order valence-electron chi connectivity index (χ4n) is 0.330. The minimum absolute atomic E-state index is 0. The number of carboxylic acid groups (broad SMARTS) is 1. The first-order valence-electron chi connectivity index (χ1n) is 3.61. The molecule has 0 atom stereocenters. The second-order valence-electron chi connectivity index (χ2n) is 1.87. The van der Waals surface area contributed by atoms with Gasteiger partial charge in [-0.05, 0) is 34.8 Å². The second kappa shape index (κ2) is 13.7. The van der Waals surface area contributed by atoms with Crippen LogP contribution >= 0.6 is 34.8 Å². The third kappa shape index (κ3) is 29.3. The van der Waals surface area contributed by atoms with Gasteiger partial charge in [0.25, 0.3) is 0 Å². The predicted octanol–water partition coefficient (Wildman–Crippen LogP) is 0.348. The molecule has 3 N–H and O–H groups in total. The van der Waals surface area contributed by atoms with E-state index in [9.17, 15) is 4.79 Å². The first-order chi connectivity index (χ1) is 6.83. The molecule has 94 valence electrons. The predicted molar refractivity (Wildman–Crippen MR) is 61.5 cm³/mol. The summed E-state index contributed by atoms with van der Waals surface area (Å²) in [6.45, 7) is 0.696. The molecule has 0 aliphatic rings. The molecule has 0 bridgehead atoms. The number of hydrogen-bond donors (Lipinski definition) is 3. The van der Waals surface area contributed by atoms with E-state index in [1.807, 2.05) is 0 Å². The normalized spacial score (nSPS) is 9.56. The fraction of sp³-hybridized carbons (Fsp3) is 0.833. The van der Waals surface area contributed by atoms with Crippen LogP contribution in [0.5, 0.6) is 0 Å². The maximum atomic E-state index is 9.54. The molecule has 0 saturated heterocycles. The Labute approximate surface area is 120 Å².